The molecular formula is C16H15FN2O. The van der Waals surface area contributed by atoms with Gasteiger partial charge in [-0.05, 0) is 48.9 Å². The largest absolute Gasteiger partial charge is 0.496 e. The van der Waals surface area contributed by atoms with Crippen LogP contribution >= 0.6 is 0 Å². The molecular weight excluding hydrogens is 255 g/mol. The highest BCUT2D eigenvalue weighted by atomic mass is 19.1. The average Bonchev–Trinajstić information content (AvgIpc) is 2.48. The molecule has 20 heavy (non-hydrogen) atoms. The number of benzene rings is 2. The predicted molar refractivity (Wildman–Crippen MR) is 76.2 cm³/mol. The van der Waals surface area contributed by atoms with Crippen LogP contribution in [0, 0.1) is 24.1 Å². The van der Waals surface area contributed by atoms with E-state index in [1.54, 1.807) is 44.4 Å². The van der Waals surface area contributed by atoms with E-state index in [-0.39, 0.29) is 5.82 Å². The third-order valence-electron chi connectivity index (χ3n) is 3.05. The van der Waals surface area contributed by atoms with Gasteiger partial charge in [-0.25, -0.2) is 4.39 Å². The van der Waals surface area contributed by atoms with Gasteiger partial charge in [0.25, 0.3) is 0 Å². The molecule has 0 heterocycles. The van der Waals surface area contributed by atoms with Gasteiger partial charge in [0.05, 0.1) is 18.7 Å². The summed E-state index contributed by atoms with van der Waals surface area (Å²) < 4.78 is 18.5. The Bertz CT molecular complexity index is 662. The smallest absolute Gasteiger partial charge is 0.126 e. The standard InChI is InChI=1S/C16H15FN2O/c1-11-7-14(4-5-15(11)17)19-10-13-8-12(9-18)3-6-16(13)20-2/h3-8,19H,10H2,1-2H3. The SMILES string of the molecule is COc1ccc(C#N)cc1CNc1ccc(F)c(C)c1. The number of hydrogen-bond donors (Lipinski definition) is 1. The number of anilines is 1. The van der Waals surface area contributed by atoms with E-state index >= 15 is 0 Å². The number of halogens is 1. The topological polar surface area (TPSA) is 45.0 Å². The van der Waals surface area contributed by atoms with Crippen LogP contribution < -0.4 is 10.1 Å². The summed E-state index contributed by atoms with van der Waals surface area (Å²) in [6.45, 7) is 2.22. The fraction of sp³-hybridized carbons (Fsp3) is 0.188. The van der Waals surface area contributed by atoms with Crippen LogP contribution in [0.5, 0.6) is 5.75 Å². The lowest BCUT2D eigenvalue weighted by Crippen LogP contribution is -2.02. The van der Waals surface area contributed by atoms with Gasteiger partial charge >= 0.3 is 0 Å². The number of rotatable bonds is 4. The molecule has 0 aliphatic rings. The molecule has 0 aliphatic heterocycles. The van der Waals surface area contributed by atoms with E-state index in [0.29, 0.717) is 17.7 Å². The zero-order valence-electron chi connectivity index (χ0n) is 11.4. The monoisotopic (exact) mass is 270 g/mol. The number of methoxy groups -OCH3 is 1. The van der Waals surface area contributed by atoms with Crippen LogP contribution in [0.25, 0.3) is 0 Å². The molecule has 0 spiro atoms. The second-order valence-electron chi connectivity index (χ2n) is 4.46. The minimum atomic E-state index is -0.223. The maximum Gasteiger partial charge on any atom is 0.126 e. The normalized spacial score (nSPS) is 9.90. The molecule has 0 saturated heterocycles. The van der Waals surface area contributed by atoms with E-state index < -0.39 is 0 Å². The first-order valence-corrected chi connectivity index (χ1v) is 6.21. The minimum absolute atomic E-state index is 0.223. The number of aryl methyl sites for hydroxylation is 1. The zero-order chi connectivity index (χ0) is 14.5. The molecule has 0 fully saturated rings. The van der Waals surface area contributed by atoms with Gasteiger partial charge in [-0.15, -0.1) is 0 Å². The molecule has 0 aliphatic carbocycles. The van der Waals surface area contributed by atoms with E-state index in [1.807, 2.05) is 0 Å². The Morgan fingerprint density at radius 3 is 2.70 bits per heavy atom. The molecule has 0 atom stereocenters. The first-order valence-electron chi connectivity index (χ1n) is 6.21. The molecule has 2 rings (SSSR count). The molecule has 0 amide bonds. The van der Waals surface area contributed by atoms with Crippen molar-refractivity contribution in [2.75, 3.05) is 12.4 Å². The maximum absolute atomic E-state index is 13.2. The zero-order valence-corrected chi connectivity index (χ0v) is 11.4. The van der Waals surface area contributed by atoms with Crippen LogP contribution in [0.1, 0.15) is 16.7 Å². The summed E-state index contributed by atoms with van der Waals surface area (Å²) in [6, 6.07) is 12.2. The van der Waals surface area contributed by atoms with Crippen LogP contribution in [-0.4, -0.2) is 7.11 Å². The van der Waals surface area contributed by atoms with Crippen molar-refractivity contribution in [3.63, 3.8) is 0 Å². The molecule has 1 N–H and O–H groups in total. The van der Waals surface area contributed by atoms with Crippen molar-refractivity contribution in [1.82, 2.24) is 0 Å². The van der Waals surface area contributed by atoms with Gasteiger partial charge in [0.1, 0.15) is 11.6 Å². The van der Waals surface area contributed by atoms with E-state index in [1.165, 1.54) is 6.07 Å². The van der Waals surface area contributed by atoms with E-state index in [4.69, 9.17) is 10.00 Å². The lowest BCUT2D eigenvalue weighted by Gasteiger charge is -2.11. The van der Waals surface area contributed by atoms with Gasteiger partial charge in [0.15, 0.2) is 0 Å². The second-order valence-corrected chi connectivity index (χ2v) is 4.46. The van der Waals surface area contributed by atoms with Crippen molar-refractivity contribution < 1.29 is 9.13 Å². The molecule has 0 saturated carbocycles. The Hall–Kier alpha value is -2.54. The summed E-state index contributed by atoms with van der Waals surface area (Å²) in [4.78, 5) is 0. The molecule has 0 radical (unpaired) electrons. The van der Waals surface area contributed by atoms with Crippen molar-refractivity contribution in [1.29, 1.82) is 5.26 Å². The third kappa shape index (κ3) is 3.07. The van der Waals surface area contributed by atoms with E-state index in [0.717, 1.165) is 17.0 Å². The van der Waals surface area contributed by atoms with Gasteiger partial charge in [0, 0.05) is 17.8 Å². The average molecular weight is 270 g/mol. The Morgan fingerprint density at radius 2 is 2.05 bits per heavy atom. The molecule has 4 heteroatoms. The quantitative estimate of drug-likeness (QED) is 0.922. The fourth-order valence-corrected chi connectivity index (χ4v) is 1.94. The Labute approximate surface area is 117 Å². The number of nitrogens with zero attached hydrogens (tertiary/aromatic N) is 1. The lowest BCUT2D eigenvalue weighted by atomic mass is 10.1. The Morgan fingerprint density at radius 1 is 1.25 bits per heavy atom. The molecule has 0 bridgehead atoms. The van der Waals surface area contributed by atoms with Crippen molar-refractivity contribution in [2.24, 2.45) is 0 Å². The highest BCUT2D eigenvalue weighted by Crippen LogP contribution is 2.21. The van der Waals surface area contributed by atoms with Crippen molar-refractivity contribution in [3.05, 3.63) is 58.9 Å². The molecule has 2 aromatic carbocycles. The molecule has 0 aromatic heterocycles. The number of nitriles is 1. The van der Waals surface area contributed by atoms with Gasteiger partial charge in [0.2, 0.25) is 0 Å². The number of hydrogen-bond acceptors (Lipinski definition) is 3. The van der Waals surface area contributed by atoms with Crippen LogP contribution in [-0.2, 0) is 6.54 Å². The van der Waals surface area contributed by atoms with Crippen LogP contribution in [0.2, 0.25) is 0 Å². The summed E-state index contributed by atoms with van der Waals surface area (Å²) >= 11 is 0. The summed E-state index contributed by atoms with van der Waals surface area (Å²) in [7, 11) is 1.59. The van der Waals surface area contributed by atoms with Crippen molar-refractivity contribution in [3.8, 4) is 11.8 Å². The second kappa shape index (κ2) is 6.07. The van der Waals surface area contributed by atoms with Crippen molar-refractivity contribution >= 4 is 5.69 Å². The lowest BCUT2D eigenvalue weighted by molar-refractivity contribution is 0.410. The van der Waals surface area contributed by atoms with Gasteiger partial charge in [-0.1, -0.05) is 0 Å². The van der Waals surface area contributed by atoms with Gasteiger partial charge < -0.3 is 10.1 Å². The van der Waals surface area contributed by atoms with Crippen LogP contribution in [0.15, 0.2) is 36.4 Å². The Kier molecular flexibility index (Phi) is 4.21. The van der Waals surface area contributed by atoms with E-state index in [9.17, 15) is 4.39 Å². The summed E-state index contributed by atoms with van der Waals surface area (Å²) in [6.07, 6.45) is 0. The summed E-state index contributed by atoms with van der Waals surface area (Å²) in [5, 5.41) is 12.1. The molecule has 3 nitrogen and oxygen atoms in total. The fourth-order valence-electron chi connectivity index (χ4n) is 1.94. The highest BCUT2D eigenvalue weighted by molar-refractivity contribution is 5.49. The minimum Gasteiger partial charge on any atom is -0.496 e. The first kappa shape index (κ1) is 13.9. The van der Waals surface area contributed by atoms with Gasteiger partial charge in [-0.3, -0.25) is 0 Å². The van der Waals surface area contributed by atoms with Gasteiger partial charge in [-0.2, -0.15) is 5.26 Å². The number of nitrogens with one attached hydrogen (secondary N) is 1. The first-order chi connectivity index (χ1) is 9.63. The predicted octanol–water partition coefficient (Wildman–Crippen LogP) is 3.63. The van der Waals surface area contributed by atoms with Crippen LogP contribution in [0.3, 0.4) is 0 Å². The molecule has 2 aromatic rings. The number of ether oxygens (including phenoxy) is 1. The summed E-state index contributed by atoms with van der Waals surface area (Å²) in [5.74, 6) is 0.495. The van der Waals surface area contributed by atoms with Crippen molar-refractivity contribution in [2.45, 2.75) is 13.5 Å². The maximum atomic E-state index is 13.2. The Balaban J connectivity index is 2.17. The molecule has 102 valence electrons. The third-order valence-corrected chi connectivity index (χ3v) is 3.05. The van der Waals surface area contributed by atoms with E-state index in [2.05, 4.69) is 11.4 Å². The highest BCUT2D eigenvalue weighted by Gasteiger charge is 2.05. The summed E-state index contributed by atoms with van der Waals surface area (Å²) in [5.41, 5.74) is 2.88. The molecule has 0 unspecified atom stereocenters. The van der Waals surface area contributed by atoms with Crippen LogP contribution in [0.4, 0.5) is 10.1 Å².